The van der Waals surface area contributed by atoms with Gasteiger partial charge in [0, 0.05) is 42.3 Å². The summed E-state index contributed by atoms with van der Waals surface area (Å²) in [6.07, 6.45) is 2.91. The van der Waals surface area contributed by atoms with E-state index >= 15 is 0 Å². The van der Waals surface area contributed by atoms with E-state index in [9.17, 15) is 9.59 Å². The minimum Gasteiger partial charge on any atom is -0.348 e. The molecule has 3 N–H and O–H groups in total. The van der Waals surface area contributed by atoms with Crippen LogP contribution in [-0.2, 0) is 11.3 Å². The van der Waals surface area contributed by atoms with Crippen molar-refractivity contribution in [2.45, 2.75) is 13.5 Å². The van der Waals surface area contributed by atoms with Crippen LogP contribution in [0, 0.1) is 0 Å². The third-order valence-corrected chi connectivity index (χ3v) is 3.99. The van der Waals surface area contributed by atoms with Crippen LogP contribution in [-0.4, -0.2) is 21.8 Å². The number of aromatic nitrogens is 2. The first-order valence-corrected chi connectivity index (χ1v) is 8.87. The third kappa shape index (κ3) is 5.52. The van der Waals surface area contributed by atoms with Crippen molar-refractivity contribution in [3.63, 3.8) is 0 Å². The zero-order valence-electron chi connectivity index (χ0n) is 15.1. The van der Waals surface area contributed by atoms with E-state index in [1.165, 1.54) is 19.3 Å². The highest BCUT2D eigenvalue weighted by atomic mass is 35.5. The smallest absolute Gasteiger partial charge is 0.254 e. The van der Waals surface area contributed by atoms with Crippen molar-refractivity contribution in [3.05, 3.63) is 77.1 Å². The zero-order valence-corrected chi connectivity index (χ0v) is 15.8. The molecule has 0 spiro atoms. The number of carbonyl (C=O) groups excluding carboxylic acids is 2. The second-order valence-corrected chi connectivity index (χ2v) is 6.42. The van der Waals surface area contributed by atoms with Crippen molar-refractivity contribution < 1.29 is 9.59 Å². The fraction of sp³-hybridized carbons (Fsp3) is 0.100. The molecule has 3 aromatic rings. The molecule has 3 rings (SSSR count). The lowest BCUT2D eigenvalue weighted by Gasteiger charge is -2.08. The van der Waals surface area contributed by atoms with E-state index in [-0.39, 0.29) is 11.8 Å². The van der Waals surface area contributed by atoms with Crippen LogP contribution >= 0.6 is 11.6 Å². The Morgan fingerprint density at radius 1 is 0.929 bits per heavy atom. The van der Waals surface area contributed by atoms with Gasteiger partial charge in [0.05, 0.1) is 5.56 Å². The minimum atomic E-state index is -0.263. The van der Waals surface area contributed by atoms with E-state index < -0.39 is 0 Å². The van der Waals surface area contributed by atoms with E-state index in [0.717, 1.165) is 11.3 Å². The second kappa shape index (κ2) is 8.96. The lowest BCUT2D eigenvalue weighted by molar-refractivity contribution is -0.114. The average Bonchev–Trinajstić information content (AvgIpc) is 2.69. The Kier molecular flexibility index (Phi) is 6.18. The highest BCUT2D eigenvalue weighted by molar-refractivity contribution is 6.30. The van der Waals surface area contributed by atoms with Gasteiger partial charge in [0.15, 0.2) is 0 Å². The van der Waals surface area contributed by atoms with Crippen LogP contribution < -0.4 is 16.0 Å². The summed E-state index contributed by atoms with van der Waals surface area (Å²) in [5.41, 5.74) is 2.76. The molecule has 0 atom stereocenters. The molecule has 0 aliphatic carbocycles. The third-order valence-electron chi connectivity index (χ3n) is 3.74. The summed E-state index contributed by atoms with van der Waals surface area (Å²) in [4.78, 5) is 31.6. The molecule has 0 fully saturated rings. The van der Waals surface area contributed by atoms with Gasteiger partial charge in [0.25, 0.3) is 5.91 Å². The van der Waals surface area contributed by atoms with Gasteiger partial charge in [0.2, 0.25) is 11.9 Å². The van der Waals surface area contributed by atoms with Crippen LogP contribution in [0.2, 0.25) is 5.02 Å². The summed E-state index contributed by atoms with van der Waals surface area (Å²) < 4.78 is 0. The normalized spacial score (nSPS) is 10.2. The minimum absolute atomic E-state index is 0.131. The fourth-order valence-corrected chi connectivity index (χ4v) is 2.49. The van der Waals surface area contributed by atoms with Crippen molar-refractivity contribution in [2.75, 3.05) is 10.6 Å². The van der Waals surface area contributed by atoms with Gasteiger partial charge in [-0.2, -0.15) is 0 Å². The number of amides is 2. The van der Waals surface area contributed by atoms with Crippen molar-refractivity contribution in [2.24, 2.45) is 0 Å². The molecule has 0 aliphatic rings. The molecule has 0 saturated carbocycles. The van der Waals surface area contributed by atoms with Gasteiger partial charge in [-0.3, -0.25) is 9.59 Å². The molecule has 28 heavy (non-hydrogen) atoms. The van der Waals surface area contributed by atoms with Crippen LogP contribution in [0.4, 0.5) is 17.3 Å². The molecule has 0 radical (unpaired) electrons. The Hall–Kier alpha value is -3.45. The summed E-state index contributed by atoms with van der Waals surface area (Å²) in [6.45, 7) is 1.84. The molecule has 8 heteroatoms. The number of carbonyl (C=O) groups is 2. The van der Waals surface area contributed by atoms with Crippen LogP contribution in [0.15, 0.2) is 60.9 Å². The monoisotopic (exact) mass is 395 g/mol. The molecule has 2 amide bonds. The molecule has 0 aliphatic heterocycles. The van der Waals surface area contributed by atoms with Crippen molar-refractivity contribution in [1.29, 1.82) is 0 Å². The lowest BCUT2D eigenvalue weighted by atomic mass is 10.2. The van der Waals surface area contributed by atoms with E-state index in [1.807, 2.05) is 12.1 Å². The molecular weight excluding hydrogens is 378 g/mol. The predicted octanol–water partition coefficient (Wildman–Crippen LogP) is 3.76. The molecule has 2 aromatic carbocycles. The molecule has 0 unspecified atom stereocenters. The lowest BCUT2D eigenvalue weighted by Crippen LogP contribution is -2.23. The van der Waals surface area contributed by atoms with E-state index in [0.29, 0.717) is 28.8 Å². The topological polar surface area (TPSA) is 96.0 Å². The number of hydrogen-bond acceptors (Lipinski definition) is 5. The number of nitrogens with one attached hydrogen (secondary N) is 3. The molecule has 142 valence electrons. The number of benzene rings is 2. The Balaban J connectivity index is 1.55. The quantitative estimate of drug-likeness (QED) is 0.590. The predicted molar refractivity (Wildman–Crippen MR) is 109 cm³/mol. The molecule has 1 aromatic heterocycles. The van der Waals surface area contributed by atoms with Crippen LogP contribution in [0.5, 0.6) is 0 Å². The van der Waals surface area contributed by atoms with Gasteiger partial charge in [0.1, 0.15) is 0 Å². The molecule has 0 bridgehead atoms. The summed E-state index contributed by atoms with van der Waals surface area (Å²) in [5, 5.41) is 9.19. The second-order valence-electron chi connectivity index (χ2n) is 5.99. The Labute approximate surface area is 167 Å². The number of halogens is 1. The van der Waals surface area contributed by atoms with Gasteiger partial charge in [-0.05, 0) is 42.0 Å². The summed E-state index contributed by atoms with van der Waals surface area (Å²) in [7, 11) is 0. The van der Waals surface area contributed by atoms with Gasteiger partial charge < -0.3 is 16.0 Å². The Morgan fingerprint density at radius 2 is 1.54 bits per heavy atom. The van der Waals surface area contributed by atoms with E-state index in [4.69, 9.17) is 11.6 Å². The van der Waals surface area contributed by atoms with Crippen molar-refractivity contribution in [1.82, 2.24) is 15.3 Å². The molecule has 1 heterocycles. The number of hydrogen-bond donors (Lipinski definition) is 3. The summed E-state index contributed by atoms with van der Waals surface area (Å²) in [5.74, 6) is -0.0309. The number of anilines is 3. The maximum atomic E-state index is 12.2. The highest BCUT2D eigenvalue weighted by Gasteiger charge is 2.07. The summed E-state index contributed by atoms with van der Waals surface area (Å²) >= 11 is 5.84. The number of nitrogens with zero attached hydrogens (tertiary/aromatic N) is 2. The van der Waals surface area contributed by atoms with Crippen molar-refractivity contribution >= 4 is 40.7 Å². The molecular formula is C20H18ClN5O2. The van der Waals surface area contributed by atoms with Gasteiger partial charge in [-0.1, -0.05) is 23.7 Å². The molecule has 7 nitrogen and oxygen atoms in total. The Morgan fingerprint density at radius 3 is 2.14 bits per heavy atom. The highest BCUT2D eigenvalue weighted by Crippen LogP contribution is 2.16. The maximum absolute atomic E-state index is 12.2. The van der Waals surface area contributed by atoms with Crippen LogP contribution in [0.25, 0.3) is 0 Å². The zero-order chi connectivity index (χ0) is 19.9. The van der Waals surface area contributed by atoms with Gasteiger partial charge in [-0.15, -0.1) is 0 Å². The SMILES string of the molecule is CC(=O)Nc1ccc(Nc2ncc(C(=O)NCc3ccc(Cl)cc3)cn2)cc1. The van der Waals surface area contributed by atoms with Gasteiger partial charge >= 0.3 is 0 Å². The van der Waals surface area contributed by atoms with E-state index in [2.05, 4.69) is 25.9 Å². The van der Waals surface area contributed by atoms with Gasteiger partial charge in [-0.25, -0.2) is 9.97 Å². The average molecular weight is 396 g/mol. The van der Waals surface area contributed by atoms with Crippen molar-refractivity contribution in [3.8, 4) is 0 Å². The Bertz CT molecular complexity index is 957. The molecule has 0 saturated heterocycles. The maximum Gasteiger partial charge on any atom is 0.254 e. The summed E-state index contributed by atoms with van der Waals surface area (Å²) in [6, 6.07) is 14.4. The first-order chi connectivity index (χ1) is 13.5. The van der Waals surface area contributed by atoms with E-state index in [1.54, 1.807) is 36.4 Å². The number of rotatable bonds is 6. The van der Waals surface area contributed by atoms with Crippen LogP contribution in [0.1, 0.15) is 22.8 Å². The standard InChI is InChI=1S/C20H18ClN5O2/c1-13(27)25-17-6-8-18(9-7-17)26-20-23-11-15(12-24-20)19(28)22-10-14-2-4-16(21)5-3-14/h2-9,11-12H,10H2,1H3,(H,22,28)(H,25,27)(H,23,24,26). The largest absolute Gasteiger partial charge is 0.348 e. The first kappa shape index (κ1) is 19.3. The van der Waals surface area contributed by atoms with Crippen LogP contribution in [0.3, 0.4) is 0 Å². The fourth-order valence-electron chi connectivity index (χ4n) is 2.37. The first-order valence-electron chi connectivity index (χ1n) is 8.49.